The van der Waals surface area contributed by atoms with E-state index in [0.717, 1.165) is 43.5 Å². The number of aryl methyl sites for hydroxylation is 2. The molecule has 1 aliphatic rings. The third kappa shape index (κ3) is 5.36. The zero-order chi connectivity index (χ0) is 17.5. The maximum atomic E-state index is 12.0. The van der Waals surface area contributed by atoms with E-state index in [4.69, 9.17) is 4.74 Å². The molecule has 2 aromatic rings. The summed E-state index contributed by atoms with van der Waals surface area (Å²) < 4.78 is 5.32. The largest absolute Gasteiger partial charge is 0.379 e. The Hall–Kier alpha value is -1.76. The first-order valence-electron chi connectivity index (χ1n) is 8.79. The van der Waals surface area contributed by atoms with Gasteiger partial charge < -0.3 is 10.1 Å². The van der Waals surface area contributed by atoms with Crippen LogP contribution in [0.3, 0.4) is 0 Å². The predicted octanol–water partition coefficient (Wildman–Crippen LogP) is 2.50. The van der Waals surface area contributed by atoms with Crippen molar-refractivity contribution in [2.75, 3.05) is 39.4 Å². The fraction of sp³-hybridized carbons (Fsp3) is 0.474. The second-order valence-electron chi connectivity index (χ2n) is 6.26. The number of amides is 1. The molecule has 1 fully saturated rings. The number of nitrogens with one attached hydrogen (secondary N) is 1. The van der Waals surface area contributed by atoms with Gasteiger partial charge in [-0.3, -0.25) is 9.69 Å². The molecule has 0 bridgehead atoms. The lowest BCUT2D eigenvalue weighted by molar-refractivity contribution is -0.121. The van der Waals surface area contributed by atoms with E-state index in [2.05, 4.69) is 39.6 Å². The fourth-order valence-electron chi connectivity index (χ4n) is 2.87. The van der Waals surface area contributed by atoms with Gasteiger partial charge in [0.1, 0.15) is 5.01 Å². The summed E-state index contributed by atoms with van der Waals surface area (Å²) in [4.78, 5) is 19.0. The van der Waals surface area contributed by atoms with Crippen LogP contribution in [0, 0.1) is 6.92 Å². The van der Waals surface area contributed by atoms with Crippen LogP contribution in [0.15, 0.2) is 29.6 Å². The maximum absolute atomic E-state index is 12.0. The van der Waals surface area contributed by atoms with Crippen LogP contribution in [0.1, 0.15) is 17.7 Å². The quantitative estimate of drug-likeness (QED) is 0.825. The number of aromatic nitrogens is 1. The number of hydrogen-bond acceptors (Lipinski definition) is 5. The zero-order valence-corrected chi connectivity index (χ0v) is 15.5. The molecule has 0 unspecified atom stereocenters. The highest BCUT2D eigenvalue weighted by Crippen LogP contribution is 2.26. The molecule has 0 atom stereocenters. The Balaban J connectivity index is 1.41. The van der Waals surface area contributed by atoms with Gasteiger partial charge in [0.25, 0.3) is 0 Å². The summed E-state index contributed by atoms with van der Waals surface area (Å²) in [5.41, 5.74) is 3.39. The van der Waals surface area contributed by atoms with E-state index in [1.165, 1.54) is 11.1 Å². The number of rotatable bonds is 7. The third-order valence-corrected chi connectivity index (χ3v) is 5.31. The van der Waals surface area contributed by atoms with Crippen molar-refractivity contribution in [3.8, 4) is 10.6 Å². The highest BCUT2D eigenvalue weighted by Gasteiger charge is 2.11. The molecule has 1 saturated heterocycles. The first-order chi connectivity index (χ1) is 12.2. The molecule has 1 aromatic heterocycles. The molecule has 0 saturated carbocycles. The molecule has 134 valence electrons. The monoisotopic (exact) mass is 359 g/mol. The van der Waals surface area contributed by atoms with Crippen LogP contribution in [-0.2, 0) is 16.0 Å². The van der Waals surface area contributed by atoms with Crippen molar-refractivity contribution in [3.63, 3.8) is 0 Å². The van der Waals surface area contributed by atoms with Crippen molar-refractivity contribution >= 4 is 17.2 Å². The number of benzene rings is 1. The molecule has 2 heterocycles. The topological polar surface area (TPSA) is 54.5 Å². The van der Waals surface area contributed by atoms with Crippen LogP contribution in [-0.4, -0.2) is 55.2 Å². The van der Waals surface area contributed by atoms with Gasteiger partial charge in [0.15, 0.2) is 0 Å². The predicted molar refractivity (Wildman–Crippen MR) is 101 cm³/mol. The highest BCUT2D eigenvalue weighted by atomic mass is 32.1. The lowest BCUT2D eigenvalue weighted by Gasteiger charge is -2.26. The summed E-state index contributed by atoms with van der Waals surface area (Å²) in [6, 6.07) is 8.26. The van der Waals surface area contributed by atoms with Gasteiger partial charge in [0, 0.05) is 43.5 Å². The summed E-state index contributed by atoms with van der Waals surface area (Å²) in [7, 11) is 0. The van der Waals surface area contributed by atoms with Crippen LogP contribution in [0.2, 0.25) is 0 Å². The SMILES string of the molecule is Cc1ccccc1-c1nc(CCC(=O)NCCN2CCOCC2)cs1. The molecule has 25 heavy (non-hydrogen) atoms. The van der Waals surface area contributed by atoms with E-state index in [-0.39, 0.29) is 5.91 Å². The Bertz CT molecular complexity index is 695. The Labute approximate surface area is 153 Å². The van der Waals surface area contributed by atoms with Gasteiger partial charge in [0.05, 0.1) is 18.9 Å². The van der Waals surface area contributed by atoms with Crippen LogP contribution in [0.4, 0.5) is 0 Å². The van der Waals surface area contributed by atoms with Crippen LogP contribution >= 0.6 is 11.3 Å². The summed E-state index contributed by atoms with van der Waals surface area (Å²) >= 11 is 1.64. The van der Waals surface area contributed by atoms with Crippen molar-refractivity contribution in [2.24, 2.45) is 0 Å². The third-order valence-electron chi connectivity index (χ3n) is 4.39. The molecular formula is C19H25N3O2S. The Morgan fingerprint density at radius 2 is 2.12 bits per heavy atom. The van der Waals surface area contributed by atoms with E-state index in [1.807, 2.05) is 12.1 Å². The molecule has 1 N–H and O–H groups in total. The standard InChI is InChI=1S/C19H25N3O2S/c1-15-4-2-3-5-17(15)19-21-16(14-25-19)6-7-18(23)20-8-9-22-10-12-24-13-11-22/h2-5,14H,6-13H2,1H3,(H,20,23). The van der Waals surface area contributed by atoms with E-state index >= 15 is 0 Å². The van der Waals surface area contributed by atoms with Gasteiger partial charge in [-0.1, -0.05) is 24.3 Å². The average molecular weight is 359 g/mol. The van der Waals surface area contributed by atoms with Crippen molar-refractivity contribution < 1.29 is 9.53 Å². The normalized spacial score (nSPS) is 15.2. The van der Waals surface area contributed by atoms with Crippen molar-refractivity contribution in [2.45, 2.75) is 19.8 Å². The minimum Gasteiger partial charge on any atom is -0.379 e. The number of nitrogens with zero attached hydrogens (tertiary/aromatic N) is 2. The van der Waals surface area contributed by atoms with Gasteiger partial charge in [-0.15, -0.1) is 11.3 Å². The average Bonchev–Trinajstić information content (AvgIpc) is 3.10. The van der Waals surface area contributed by atoms with Crippen molar-refractivity contribution in [1.82, 2.24) is 15.2 Å². The molecule has 0 spiro atoms. The Morgan fingerprint density at radius 1 is 1.32 bits per heavy atom. The zero-order valence-electron chi connectivity index (χ0n) is 14.7. The molecule has 5 nitrogen and oxygen atoms in total. The minimum absolute atomic E-state index is 0.0960. The van der Waals surface area contributed by atoms with Gasteiger partial charge >= 0.3 is 0 Å². The fourth-order valence-corrected chi connectivity index (χ4v) is 3.81. The molecular weight excluding hydrogens is 334 g/mol. The second-order valence-corrected chi connectivity index (χ2v) is 7.12. The smallest absolute Gasteiger partial charge is 0.220 e. The molecule has 1 aliphatic heterocycles. The maximum Gasteiger partial charge on any atom is 0.220 e. The highest BCUT2D eigenvalue weighted by molar-refractivity contribution is 7.13. The molecule has 1 aromatic carbocycles. The number of hydrogen-bond donors (Lipinski definition) is 1. The van der Waals surface area contributed by atoms with Crippen LogP contribution < -0.4 is 5.32 Å². The van der Waals surface area contributed by atoms with E-state index in [1.54, 1.807) is 11.3 Å². The number of carbonyl (C=O) groups excluding carboxylic acids is 1. The van der Waals surface area contributed by atoms with Gasteiger partial charge in [-0.25, -0.2) is 4.98 Å². The van der Waals surface area contributed by atoms with Gasteiger partial charge in [-0.2, -0.15) is 0 Å². The first-order valence-corrected chi connectivity index (χ1v) is 9.67. The molecule has 3 rings (SSSR count). The second kappa shape index (κ2) is 9.08. The lowest BCUT2D eigenvalue weighted by atomic mass is 10.1. The number of morpholine rings is 1. The van der Waals surface area contributed by atoms with E-state index < -0.39 is 0 Å². The minimum atomic E-state index is 0.0960. The summed E-state index contributed by atoms with van der Waals surface area (Å²) in [6.45, 7) is 7.18. The summed E-state index contributed by atoms with van der Waals surface area (Å²) in [5, 5.41) is 6.09. The number of ether oxygens (including phenoxy) is 1. The molecule has 0 radical (unpaired) electrons. The first kappa shape index (κ1) is 18.0. The Morgan fingerprint density at radius 3 is 2.92 bits per heavy atom. The van der Waals surface area contributed by atoms with Crippen LogP contribution in [0.5, 0.6) is 0 Å². The number of carbonyl (C=O) groups is 1. The van der Waals surface area contributed by atoms with Crippen molar-refractivity contribution in [1.29, 1.82) is 0 Å². The van der Waals surface area contributed by atoms with E-state index in [0.29, 0.717) is 19.4 Å². The summed E-state index contributed by atoms with van der Waals surface area (Å²) in [5.74, 6) is 0.0960. The van der Waals surface area contributed by atoms with Gasteiger partial charge in [0.2, 0.25) is 5.91 Å². The lowest BCUT2D eigenvalue weighted by Crippen LogP contribution is -2.41. The van der Waals surface area contributed by atoms with Crippen molar-refractivity contribution in [3.05, 3.63) is 40.9 Å². The number of thiazole rings is 1. The molecule has 1 amide bonds. The van der Waals surface area contributed by atoms with Crippen LogP contribution in [0.25, 0.3) is 10.6 Å². The molecule has 0 aliphatic carbocycles. The van der Waals surface area contributed by atoms with Gasteiger partial charge in [-0.05, 0) is 18.9 Å². The van der Waals surface area contributed by atoms with E-state index in [9.17, 15) is 4.79 Å². The summed E-state index contributed by atoms with van der Waals surface area (Å²) in [6.07, 6.45) is 1.17. The molecule has 6 heteroatoms. The Kier molecular flexibility index (Phi) is 6.55.